The van der Waals surface area contributed by atoms with Gasteiger partial charge in [0.1, 0.15) is 10.8 Å². The van der Waals surface area contributed by atoms with Gasteiger partial charge in [0.2, 0.25) is 0 Å². The molecule has 9 heteroatoms. The first-order valence-electron chi connectivity index (χ1n) is 10.8. The van der Waals surface area contributed by atoms with Gasteiger partial charge in [-0.3, -0.25) is 19.2 Å². The third-order valence-corrected chi connectivity index (χ3v) is 6.65. The van der Waals surface area contributed by atoms with Gasteiger partial charge in [-0.15, -0.1) is 0 Å². The van der Waals surface area contributed by atoms with E-state index in [1.807, 2.05) is 33.7 Å². The van der Waals surface area contributed by atoms with Gasteiger partial charge in [-0.05, 0) is 44.2 Å². The van der Waals surface area contributed by atoms with Crippen molar-refractivity contribution in [2.45, 2.75) is 44.3 Å². The number of hydrogen-bond acceptors (Lipinski definition) is 5. The molecule has 3 aromatic rings. The summed E-state index contributed by atoms with van der Waals surface area (Å²) in [6, 6.07) is 7.99. The van der Waals surface area contributed by atoms with E-state index in [-0.39, 0.29) is 29.0 Å². The lowest BCUT2D eigenvalue weighted by atomic mass is 10.00. The van der Waals surface area contributed by atoms with Gasteiger partial charge in [0, 0.05) is 25.7 Å². The first-order valence-corrected chi connectivity index (χ1v) is 11.2. The summed E-state index contributed by atoms with van der Waals surface area (Å²) in [6.07, 6.45) is 7.72. The minimum atomic E-state index is -0.116. The first kappa shape index (κ1) is 20.2. The largest absolute Gasteiger partial charge is 0.326 e. The van der Waals surface area contributed by atoms with E-state index in [1.165, 1.54) is 12.4 Å². The number of aromatic amines is 1. The number of H-pyrrole nitrogens is 1. The molecule has 2 aromatic heterocycles. The highest BCUT2D eigenvalue weighted by atomic mass is 35.5. The third-order valence-electron chi connectivity index (χ3n) is 6.47. The molecule has 162 valence electrons. The Morgan fingerprint density at radius 3 is 2.68 bits per heavy atom. The van der Waals surface area contributed by atoms with E-state index in [1.54, 1.807) is 0 Å². The maximum atomic E-state index is 13.1. The van der Waals surface area contributed by atoms with Gasteiger partial charge in [0.05, 0.1) is 29.6 Å². The summed E-state index contributed by atoms with van der Waals surface area (Å²) in [7, 11) is 0. The Bertz CT molecular complexity index is 1150. The van der Waals surface area contributed by atoms with Crippen molar-refractivity contribution in [1.82, 2.24) is 29.3 Å². The zero-order valence-corrected chi connectivity index (χ0v) is 18.0. The molecule has 0 bridgehead atoms. The van der Waals surface area contributed by atoms with Crippen LogP contribution in [0.3, 0.4) is 0 Å². The number of hydrogen-bond donors (Lipinski definition) is 1. The quantitative estimate of drug-likeness (QED) is 0.676. The third kappa shape index (κ3) is 3.85. The number of fused-ring (bicyclic) bond motifs is 1. The molecule has 2 saturated heterocycles. The number of para-hydroxylation sites is 2. The van der Waals surface area contributed by atoms with Crippen LogP contribution in [0.5, 0.6) is 0 Å². The van der Waals surface area contributed by atoms with Crippen LogP contribution < -0.4 is 5.69 Å². The molecule has 0 spiro atoms. The Kier molecular flexibility index (Phi) is 5.50. The van der Waals surface area contributed by atoms with E-state index >= 15 is 0 Å². The fraction of sp³-hybridized carbons (Fsp3) is 0.455. The number of likely N-dealkylation sites (tertiary alicyclic amines) is 2. The van der Waals surface area contributed by atoms with Gasteiger partial charge in [0.15, 0.2) is 0 Å². The molecule has 4 heterocycles. The number of benzene rings is 1. The Morgan fingerprint density at radius 2 is 1.87 bits per heavy atom. The van der Waals surface area contributed by atoms with Gasteiger partial charge in [-0.1, -0.05) is 23.7 Å². The number of nitrogens with one attached hydrogen (secondary N) is 1. The van der Waals surface area contributed by atoms with Crippen LogP contribution in [0.15, 0.2) is 41.5 Å². The minimum absolute atomic E-state index is 0.0441. The molecule has 8 nitrogen and oxygen atoms in total. The highest BCUT2D eigenvalue weighted by Crippen LogP contribution is 2.30. The highest BCUT2D eigenvalue weighted by molar-refractivity contribution is 6.29. The summed E-state index contributed by atoms with van der Waals surface area (Å²) in [4.78, 5) is 41.1. The highest BCUT2D eigenvalue weighted by Gasteiger charge is 2.35. The van der Waals surface area contributed by atoms with Crippen LogP contribution in [0.25, 0.3) is 11.0 Å². The number of rotatable bonds is 3. The second-order valence-electron chi connectivity index (χ2n) is 8.29. The molecule has 1 N–H and O–H groups in total. The number of carbonyl (C=O) groups excluding carboxylic acids is 1. The van der Waals surface area contributed by atoms with E-state index < -0.39 is 0 Å². The monoisotopic (exact) mass is 440 g/mol. The molecular weight excluding hydrogens is 416 g/mol. The van der Waals surface area contributed by atoms with Crippen LogP contribution in [0.2, 0.25) is 5.15 Å². The minimum Gasteiger partial charge on any atom is -0.322 e. The number of aromatic nitrogens is 4. The first-order chi connectivity index (χ1) is 15.1. The fourth-order valence-electron chi connectivity index (χ4n) is 5.00. The van der Waals surface area contributed by atoms with E-state index in [4.69, 9.17) is 11.6 Å². The lowest BCUT2D eigenvalue weighted by Gasteiger charge is -2.45. The summed E-state index contributed by atoms with van der Waals surface area (Å²) < 4.78 is 1.90. The molecular formula is C22H25ClN6O2. The topological polar surface area (TPSA) is 87.1 Å². The number of imidazole rings is 1. The molecule has 1 amide bonds. The summed E-state index contributed by atoms with van der Waals surface area (Å²) in [5.41, 5.74) is 2.08. The van der Waals surface area contributed by atoms with E-state index in [0.29, 0.717) is 12.2 Å². The normalized spacial score (nSPS) is 20.9. The Morgan fingerprint density at radius 1 is 1.06 bits per heavy atom. The van der Waals surface area contributed by atoms with E-state index in [0.717, 1.165) is 56.2 Å². The number of nitrogens with zero attached hydrogens (tertiary/aromatic N) is 5. The van der Waals surface area contributed by atoms with Crippen molar-refractivity contribution in [2.75, 3.05) is 19.6 Å². The van der Waals surface area contributed by atoms with Crippen LogP contribution in [-0.4, -0.2) is 61.0 Å². The predicted octanol–water partition coefficient (Wildman–Crippen LogP) is 3.06. The van der Waals surface area contributed by atoms with Crippen LogP contribution in [0.4, 0.5) is 0 Å². The standard InChI is InChI=1S/C22H25ClN6O2/c23-19-14-24-13-17(25-19)21(30)28-10-4-3-7-20(28)27-11-8-15(9-12-27)29-18-6-2-1-5-16(18)26-22(29)31/h1-2,5-6,13-15,20H,3-4,7-12H2,(H,26,31). The summed E-state index contributed by atoms with van der Waals surface area (Å²) >= 11 is 5.95. The zero-order chi connectivity index (χ0) is 21.4. The molecule has 0 radical (unpaired) electrons. The smallest absolute Gasteiger partial charge is 0.322 e. The molecule has 2 aliphatic heterocycles. The molecule has 0 aliphatic carbocycles. The van der Waals surface area contributed by atoms with Crippen molar-refractivity contribution in [3.05, 3.63) is 58.0 Å². The van der Waals surface area contributed by atoms with Gasteiger partial charge in [-0.2, -0.15) is 0 Å². The van der Waals surface area contributed by atoms with Gasteiger partial charge >= 0.3 is 5.69 Å². The van der Waals surface area contributed by atoms with Crippen molar-refractivity contribution in [2.24, 2.45) is 0 Å². The van der Waals surface area contributed by atoms with Gasteiger partial charge in [-0.25, -0.2) is 9.78 Å². The number of amides is 1. The Hall–Kier alpha value is -2.71. The number of piperidine rings is 2. The van der Waals surface area contributed by atoms with Crippen molar-refractivity contribution >= 4 is 28.5 Å². The van der Waals surface area contributed by atoms with Crippen LogP contribution in [0, 0.1) is 0 Å². The Labute approximate surface area is 184 Å². The van der Waals surface area contributed by atoms with E-state index in [9.17, 15) is 9.59 Å². The van der Waals surface area contributed by atoms with Crippen molar-refractivity contribution in [3.63, 3.8) is 0 Å². The lowest BCUT2D eigenvalue weighted by Crippen LogP contribution is -2.55. The van der Waals surface area contributed by atoms with E-state index in [2.05, 4.69) is 19.9 Å². The van der Waals surface area contributed by atoms with Gasteiger partial charge in [0.25, 0.3) is 5.91 Å². The molecule has 1 aromatic carbocycles. The maximum Gasteiger partial charge on any atom is 0.326 e. The number of carbonyl (C=O) groups is 1. The van der Waals surface area contributed by atoms with Crippen molar-refractivity contribution in [1.29, 1.82) is 0 Å². The van der Waals surface area contributed by atoms with Crippen LogP contribution in [-0.2, 0) is 0 Å². The van der Waals surface area contributed by atoms with Crippen LogP contribution >= 0.6 is 11.6 Å². The van der Waals surface area contributed by atoms with Gasteiger partial charge < -0.3 is 9.88 Å². The molecule has 2 aliphatic rings. The number of halogens is 1. The SMILES string of the molecule is O=C(c1cncc(Cl)n1)N1CCCCC1N1CCC(n2c(=O)[nH]c3ccccc32)CC1. The Balaban J connectivity index is 1.32. The second kappa shape index (κ2) is 8.43. The molecule has 31 heavy (non-hydrogen) atoms. The maximum absolute atomic E-state index is 13.1. The molecule has 2 fully saturated rings. The average molecular weight is 441 g/mol. The molecule has 1 atom stereocenters. The summed E-state index contributed by atoms with van der Waals surface area (Å²) in [6.45, 7) is 2.39. The zero-order valence-electron chi connectivity index (χ0n) is 17.2. The molecule has 1 unspecified atom stereocenters. The summed E-state index contributed by atoms with van der Waals surface area (Å²) in [5, 5.41) is 0.226. The van der Waals surface area contributed by atoms with Crippen LogP contribution in [0.1, 0.15) is 48.6 Å². The predicted molar refractivity (Wildman–Crippen MR) is 118 cm³/mol. The summed E-state index contributed by atoms with van der Waals surface area (Å²) in [5.74, 6) is -0.116. The second-order valence-corrected chi connectivity index (χ2v) is 8.67. The molecule has 5 rings (SSSR count). The lowest BCUT2D eigenvalue weighted by molar-refractivity contribution is 0.000816. The molecule has 0 saturated carbocycles. The fourth-order valence-corrected chi connectivity index (χ4v) is 5.15. The average Bonchev–Trinajstić information content (AvgIpc) is 3.14. The van der Waals surface area contributed by atoms with Crippen molar-refractivity contribution in [3.8, 4) is 0 Å². The van der Waals surface area contributed by atoms with Crippen molar-refractivity contribution < 1.29 is 4.79 Å².